The van der Waals surface area contributed by atoms with Crippen molar-refractivity contribution in [2.75, 3.05) is 0 Å². The molecule has 0 aliphatic rings. The standard InChI is InChI=1S/C10H10FN3O4/c11-7-2-1-5(4-13-7)9(16)14-6(10(17)18)3-8(12)15/h1-2,4,6H,3H2,(H2,12,15)(H,14,16)(H,17,18)/t6-/m0/s1. The Morgan fingerprint density at radius 3 is 2.56 bits per heavy atom. The molecule has 7 nitrogen and oxygen atoms in total. The van der Waals surface area contributed by atoms with Crippen LogP contribution in [0.15, 0.2) is 18.3 Å². The monoisotopic (exact) mass is 255 g/mol. The van der Waals surface area contributed by atoms with Crippen molar-refractivity contribution in [1.82, 2.24) is 10.3 Å². The fraction of sp³-hybridized carbons (Fsp3) is 0.200. The number of aromatic nitrogens is 1. The molecule has 0 bridgehead atoms. The predicted octanol–water partition coefficient (Wildman–Crippen LogP) is -0.721. The second-order valence-electron chi connectivity index (χ2n) is 3.40. The van der Waals surface area contributed by atoms with Crippen molar-refractivity contribution < 1.29 is 23.9 Å². The van der Waals surface area contributed by atoms with Gasteiger partial charge in [0.15, 0.2) is 0 Å². The van der Waals surface area contributed by atoms with Crippen molar-refractivity contribution in [1.29, 1.82) is 0 Å². The summed E-state index contributed by atoms with van der Waals surface area (Å²) in [6.45, 7) is 0. The quantitative estimate of drug-likeness (QED) is 0.599. The number of amides is 2. The number of aliphatic carboxylic acids is 1. The molecule has 0 spiro atoms. The van der Waals surface area contributed by atoms with E-state index in [4.69, 9.17) is 10.8 Å². The number of carbonyl (C=O) groups excluding carboxylic acids is 2. The van der Waals surface area contributed by atoms with Gasteiger partial charge in [-0.25, -0.2) is 9.78 Å². The average Bonchev–Trinajstić information content (AvgIpc) is 2.28. The molecule has 1 atom stereocenters. The van der Waals surface area contributed by atoms with Crippen LogP contribution in [0.25, 0.3) is 0 Å². The molecule has 1 aromatic rings. The lowest BCUT2D eigenvalue weighted by molar-refractivity contribution is -0.140. The number of halogens is 1. The number of nitrogens with one attached hydrogen (secondary N) is 1. The molecule has 0 radical (unpaired) electrons. The summed E-state index contributed by atoms with van der Waals surface area (Å²) < 4.78 is 12.5. The molecule has 96 valence electrons. The number of hydrogen-bond donors (Lipinski definition) is 3. The lowest BCUT2D eigenvalue weighted by atomic mass is 10.2. The molecule has 0 aromatic carbocycles. The first-order valence-corrected chi connectivity index (χ1v) is 4.83. The minimum absolute atomic E-state index is 0.0212. The molecule has 2 amide bonds. The van der Waals surface area contributed by atoms with Gasteiger partial charge in [0.25, 0.3) is 5.91 Å². The highest BCUT2D eigenvalue weighted by atomic mass is 19.1. The molecular weight excluding hydrogens is 245 g/mol. The zero-order chi connectivity index (χ0) is 13.7. The van der Waals surface area contributed by atoms with Crippen LogP contribution in [0.5, 0.6) is 0 Å². The van der Waals surface area contributed by atoms with Crippen molar-refractivity contribution in [3.05, 3.63) is 29.8 Å². The summed E-state index contributed by atoms with van der Waals surface area (Å²) in [4.78, 5) is 36.2. The third kappa shape index (κ3) is 3.81. The van der Waals surface area contributed by atoms with Gasteiger partial charge in [-0.15, -0.1) is 0 Å². The second kappa shape index (κ2) is 5.71. The number of pyridine rings is 1. The normalized spacial score (nSPS) is 11.6. The first kappa shape index (κ1) is 13.6. The van der Waals surface area contributed by atoms with Crippen LogP contribution in [-0.4, -0.2) is 33.9 Å². The van der Waals surface area contributed by atoms with Crippen LogP contribution in [0.1, 0.15) is 16.8 Å². The van der Waals surface area contributed by atoms with Gasteiger partial charge >= 0.3 is 5.97 Å². The summed E-state index contributed by atoms with van der Waals surface area (Å²) in [5.74, 6) is -3.80. The van der Waals surface area contributed by atoms with Crippen LogP contribution in [-0.2, 0) is 9.59 Å². The highest BCUT2D eigenvalue weighted by molar-refractivity contribution is 5.97. The minimum atomic E-state index is -1.43. The van der Waals surface area contributed by atoms with E-state index in [0.29, 0.717) is 0 Å². The number of primary amides is 1. The lowest BCUT2D eigenvalue weighted by Gasteiger charge is -2.12. The Kier molecular flexibility index (Phi) is 4.30. The zero-order valence-corrected chi connectivity index (χ0v) is 9.09. The van der Waals surface area contributed by atoms with Crippen LogP contribution >= 0.6 is 0 Å². The first-order valence-electron chi connectivity index (χ1n) is 4.83. The molecule has 0 saturated heterocycles. The Labute approximate surface area is 101 Å². The fourth-order valence-corrected chi connectivity index (χ4v) is 1.15. The number of carboxylic acids is 1. The van der Waals surface area contributed by atoms with Crippen molar-refractivity contribution in [3.63, 3.8) is 0 Å². The molecule has 0 unspecified atom stereocenters. The molecule has 0 fully saturated rings. The second-order valence-corrected chi connectivity index (χ2v) is 3.40. The van der Waals surface area contributed by atoms with Crippen LogP contribution < -0.4 is 11.1 Å². The zero-order valence-electron chi connectivity index (χ0n) is 9.09. The van der Waals surface area contributed by atoms with Crippen LogP contribution in [0, 0.1) is 5.95 Å². The third-order valence-corrected chi connectivity index (χ3v) is 2.00. The van der Waals surface area contributed by atoms with Crippen LogP contribution in [0.4, 0.5) is 4.39 Å². The van der Waals surface area contributed by atoms with Gasteiger partial charge in [-0.3, -0.25) is 9.59 Å². The minimum Gasteiger partial charge on any atom is -0.480 e. The molecule has 18 heavy (non-hydrogen) atoms. The third-order valence-electron chi connectivity index (χ3n) is 2.00. The summed E-state index contributed by atoms with van der Waals surface area (Å²) in [6.07, 6.45) is 0.420. The number of carboxylic acid groups (broad SMARTS) is 1. The summed E-state index contributed by atoms with van der Waals surface area (Å²) in [7, 11) is 0. The van der Waals surface area contributed by atoms with E-state index in [2.05, 4.69) is 10.3 Å². The molecule has 0 aliphatic heterocycles. The Morgan fingerprint density at radius 1 is 1.44 bits per heavy atom. The van der Waals surface area contributed by atoms with Crippen molar-refractivity contribution in [3.8, 4) is 0 Å². The number of nitrogens with two attached hydrogens (primary N) is 1. The maximum absolute atomic E-state index is 12.5. The molecule has 0 saturated carbocycles. The van der Waals surface area contributed by atoms with Gasteiger partial charge in [-0.1, -0.05) is 0 Å². The van der Waals surface area contributed by atoms with E-state index >= 15 is 0 Å². The van der Waals surface area contributed by atoms with Crippen LogP contribution in [0.2, 0.25) is 0 Å². The number of nitrogens with zero attached hydrogens (tertiary/aromatic N) is 1. The lowest BCUT2D eigenvalue weighted by Crippen LogP contribution is -2.43. The number of rotatable bonds is 5. The summed E-state index contributed by atoms with van der Waals surface area (Å²) in [6, 6.07) is 0.666. The van der Waals surface area contributed by atoms with Crippen molar-refractivity contribution in [2.24, 2.45) is 5.73 Å². The van der Waals surface area contributed by atoms with E-state index in [1.807, 2.05) is 0 Å². The van der Waals surface area contributed by atoms with Gasteiger partial charge in [-0.2, -0.15) is 4.39 Å². The van der Waals surface area contributed by atoms with Gasteiger partial charge in [-0.05, 0) is 12.1 Å². The predicted molar refractivity (Wildman–Crippen MR) is 56.9 cm³/mol. The average molecular weight is 255 g/mol. The number of hydrogen-bond acceptors (Lipinski definition) is 4. The molecule has 0 aliphatic carbocycles. The van der Waals surface area contributed by atoms with E-state index in [0.717, 1.165) is 18.3 Å². The van der Waals surface area contributed by atoms with Crippen molar-refractivity contribution in [2.45, 2.75) is 12.5 Å². The summed E-state index contributed by atoms with van der Waals surface area (Å²) >= 11 is 0. The smallest absolute Gasteiger partial charge is 0.326 e. The van der Waals surface area contributed by atoms with Gasteiger partial charge < -0.3 is 16.2 Å². The van der Waals surface area contributed by atoms with E-state index in [9.17, 15) is 18.8 Å². The van der Waals surface area contributed by atoms with Gasteiger partial charge in [0.1, 0.15) is 6.04 Å². The Hall–Kier alpha value is -2.51. The summed E-state index contributed by atoms with van der Waals surface area (Å²) in [5.41, 5.74) is 4.83. The molecule has 1 aromatic heterocycles. The summed E-state index contributed by atoms with van der Waals surface area (Å²) in [5, 5.41) is 10.8. The number of carbonyl (C=O) groups is 3. The molecule has 1 rings (SSSR count). The fourth-order valence-electron chi connectivity index (χ4n) is 1.15. The first-order chi connectivity index (χ1) is 8.40. The van der Waals surface area contributed by atoms with E-state index in [1.54, 1.807) is 0 Å². The highest BCUT2D eigenvalue weighted by Crippen LogP contribution is 2.01. The largest absolute Gasteiger partial charge is 0.480 e. The van der Waals surface area contributed by atoms with Gasteiger partial charge in [0, 0.05) is 6.20 Å². The van der Waals surface area contributed by atoms with Gasteiger partial charge in [0.2, 0.25) is 11.9 Å². The maximum atomic E-state index is 12.5. The molecular formula is C10H10FN3O4. The van der Waals surface area contributed by atoms with E-state index < -0.39 is 36.2 Å². The van der Waals surface area contributed by atoms with E-state index in [-0.39, 0.29) is 5.56 Å². The maximum Gasteiger partial charge on any atom is 0.326 e. The van der Waals surface area contributed by atoms with Crippen LogP contribution in [0.3, 0.4) is 0 Å². The molecule has 1 heterocycles. The van der Waals surface area contributed by atoms with E-state index in [1.165, 1.54) is 0 Å². The topological polar surface area (TPSA) is 122 Å². The Morgan fingerprint density at radius 2 is 2.11 bits per heavy atom. The van der Waals surface area contributed by atoms with Crippen molar-refractivity contribution >= 4 is 17.8 Å². The SMILES string of the molecule is NC(=O)C[C@H](NC(=O)c1ccc(F)nc1)C(=O)O. The Balaban J connectivity index is 2.75. The van der Waals surface area contributed by atoms with Gasteiger partial charge in [0.05, 0.1) is 12.0 Å². The molecule has 4 N–H and O–H groups in total. The molecule has 8 heteroatoms. The Bertz CT molecular complexity index is 475. The highest BCUT2D eigenvalue weighted by Gasteiger charge is 2.22.